The van der Waals surface area contributed by atoms with Gasteiger partial charge in [0.25, 0.3) is 5.22 Å². The Morgan fingerprint density at radius 2 is 2.11 bits per heavy atom. The third-order valence-electron chi connectivity index (χ3n) is 3.42. The first-order valence-electron chi connectivity index (χ1n) is 6.58. The van der Waals surface area contributed by atoms with Crippen molar-refractivity contribution >= 4 is 17.7 Å². The van der Waals surface area contributed by atoms with E-state index in [0.717, 1.165) is 12.8 Å². The maximum Gasteiger partial charge on any atom is 0.277 e. The summed E-state index contributed by atoms with van der Waals surface area (Å²) in [7, 11) is 0. The van der Waals surface area contributed by atoms with E-state index in [0.29, 0.717) is 29.0 Å². The monoisotopic (exact) mass is 284 g/mol. The summed E-state index contributed by atoms with van der Waals surface area (Å²) in [6.45, 7) is 4.44. The highest BCUT2D eigenvalue weighted by atomic mass is 32.2. The van der Waals surface area contributed by atoms with Crippen molar-refractivity contribution in [3.63, 3.8) is 0 Å². The fourth-order valence-electron chi connectivity index (χ4n) is 2.49. The maximum absolute atomic E-state index is 12.3. The van der Waals surface area contributed by atoms with E-state index in [1.54, 1.807) is 0 Å². The Hall–Kier alpha value is -1.08. The molecule has 2 atom stereocenters. The Morgan fingerprint density at radius 3 is 2.68 bits per heavy atom. The minimum atomic E-state index is 0.136. The summed E-state index contributed by atoms with van der Waals surface area (Å²) in [6.07, 6.45) is 3.36. The third kappa shape index (κ3) is 3.48. The van der Waals surface area contributed by atoms with Gasteiger partial charge in [-0.15, -0.1) is 10.2 Å². The molecular formula is C12H20N4O2S. The summed E-state index contributed by atoms with van der Waals surface area (Å²) >= 11 is 1.28. The van der Waals surface area contributed by atoms with Gasteiger partial charge in [-0.25, -0.2) is 0 Å². The van der Waals surface area contributed by atoms with E-state index < -0.39 is 0 Å². The SMILES string of the molecule is CC1CCCC(C)N1C(=O)CSc1nnc(CN)o1. The molecule has 1 aliphatic heterocycles. The van der Waals surface area contributed by atoms with E-state index in [1.165, 1.54) is 18.2 Å². The van der Waals surface area contributed by atoms with Gasteiger partial charge in [0.2, 0.25) is 11.8 Å². The zero-order valence-corrected chi connectivity index (χ0v) is 12.2. The Balaban J connectivity index is 1.89. The lowest BCUT2D eigenvalue weighted by Crippen LogP contribution is -2.48. The average molecular weight is 284 g/mol. The van der Waals surface area contributed by atoms with Gasteiger partial charge in [0.15, 0.2) is 0 Å². The lowest BCUT2D eigenvalue weighted by Gasteiger charge is -2.39. The van der Waals surface area contributed by atoms with E-state index in [9.17, 15) is 4.79 Å². The van der Waals surface area contributed by atoms with Crippen LogP contribution in [0.5, 0.6) is 0 Å². The maximum atomic E-state index is 12.3. The van der Waals surface area contributed by atoms with Crippen molar-refractivity contribution < 1.29 is 9.21 Å². The van der Waals surface area contributed by atoms with Gasteiger partial charge in [0.05, 0.1) is 12.3 Å². The Morgan fingerprint density at radius 1 is 1.42 bits per heavy atom. The zero-order chi connectivity index (χ0) is 13.8. The molecule has 0 aromatic carbocycles. The van der Waals surface area contributed by atoms with Crippen molar-refractivity contribution in [2.75, 3.05) is 5.75 Å². The van der Waals surface area contributed by atoms with E-state index in [-0.39, 0.29) is 12.5 Å². The molecule has 0 spiro atoms. The van der Waals surface area contributed by atoms with Gasteiger partial charge < -0.3 is 15.1 Å². The van der Waals surface area contributed by atoms with Gasteiger partial charge in [-0.2, -0.15) is 0 Å². The molecular weight excluding hydrogens is 264 g/mol. The summed E-state index contributed by atoms with van der Waals surface area (Å²) in [4.78, 5) is 14.2. The Bertz CT molecular complexity index is 427. The molecule has 6 nitrogen and oxygen atoms in total. The largest absolute Gasteiger partial charge is 0.415 e. The highest BCUT2D eigenvalue weighted by molar-refractivity contribution is 7.99. The van der Waals surface area contributed by atoms with E-state index in [2.05, 4.69) is 24.0 Å². The molecule has 1 amide bonds. The second kappa shape index (κ2) is 6.38. The van der Waals surface area contributed by atoms with Crippen LogP contribution in [0, 0.1) is 0 Å². The smallest absolute Gasteiger partial charge is 0.277 e. The summed E-state index contributed by atoms with van der Waals surface area (Å²) in [5.41, 5.74) is 5.39. The molecule has 0 aliphatic carbocycles. The number of piperidine rings is 1. The molecule has 1 fully saturated rings. The first kappa shape index (κ1) is 14.3. The van der Waals surface area contributed by atoms with Crippen LogP contribution in [-0.2, 0) is 11.3 Å². The molecule has 0 bridgehead atoms. The van der Waals surface area contributed by atoms with Crippen molar-refractivity contribution in [3.05, 3.63) is 5.89 Å². The predicted octanol–water partition coefficient (Wildman–Crippen LogP) is 1.41. The molecule has 0 radical (unpaired) electrons. The number of hydrogen-bond donors (Lipinski definition) is 1. The molecule has 2 rings (SSSR count). The van der Waals surface area contributed by atoms with Crippen molar-refractivity contribution in [2.45, 2.75) is 57.0 Å². The molecule has 1 aliphatic rings. The molecule has 19 heavy (non-hydrogen) atoms. The van der Waals surface area contributed by atoms with Crippen LogP contribution in [-0.4, -0.2) is 38.8 Å². The van der Waals surface area contributed by atoms with E-state index in [4.69, 9.17) is 10.2 Å². The molecule has 1 aromatic heterocycles. The van der Waals surface area contributed by atoms with Crippen LogP contribution >= 0.6 is 11.8 Å². The molecule has 106 valence electrons. The Labute approximate surface area is 117 Å². The number of aromatic nitrogens is 2. The molecule has 1 aromatic rings. The number of likely N-dealkylation sites (tertiary alicyclic amines) is 1. The van der Waals surface area contributed by atoms with Crippen LogP contribution in [0.1, 0.15) is 39.0 Å². The van der Waals surface area contributed by atoms with Gasteiger partial charge in [-0.3, -0.25) is 4.79 Å². The third-order valence-corrected chi connectivity index (χ3v) is 4.23. The number of thioether (sulfide) groups is 1. The fourth-order valence-corrected chi connectivity index (χ4v) is 3.14. The number of carbonyl (C=O) groups excluding carboxylic acids is 1. The van der Waals surface area contributed by atoms with E-state index in [1.807, 2.05) is 4.90 Å². The van der Waals surface area contributed by atoms with Gasteiger partial charge in [-0.05, 0) is 33.1 Å². The van der Waals surface area contributed by atoms with E-state index >= 15 is 0 Å². The summed E-state index contributed by atoms with van der Waals surface area (Å²) in [5, 5.41) is 8.01. The Kier molecular flexibility index (Phi) is 4.81. The zero-order valence-electron chi connectivity index (χ0n) is 11.3. The van der Waals surface area contributed by atoms with Gasteiger partial charge >= 0.3 is 0 Å². The van der Waals surface area contributed by atoms with Crippen molar-refractivity contribution in [3.8, 4) is 0 Å². The van der Waals surface area contributed by atoms with Crippen LogP contribution in [0.4, 0.5) is 0 Å². The standard InChI is InChI=1S/C12H20N4O2S/c1-8-4-3-5-9(2)16(8)11(17)7-19-12-15-14-10(6-13)18-12/h8-9H,3-7,13H2,1-2H3. The summed E-state index contributed by atoms with van der Waals surface area (Å²) in [6, 6.07) is 0.637. The molecule has 7 heteroatoms. The van der Waals surface area contributed by atoms with Gasteiger partial charge in [0, 0.05) is 12.1 Å². The first-order valence-corrected chi connectivity index (χ1v) is 7.56. The fraction of sp³-hybridized carbons (Fsp3) is 0.750. The number of amides is 1. The van der Waals surface area contributed by atoms with Crippen LogP contribution < -0.4 is 5.73 Å². The molecule has 2 N–H and O–H groups in total. The predicted molar refractivity (Wildman–Crippen MR) is 72.5 cm³/mol. The van der Waals surface area contributed by atoms with Crippen LogP contribution in [0.15, 0.2) is 9.64 Å². The second-order valence-electron chi connectivity index (χ2n) is 4.88. The average Bonchev–Trinajstić information content (AvgIpc) is 2.84. The summed E-state index contributed by atoms with van der Waals surface area (Å²) in [5.74, 6) is 0.868. The van der Waals surface area contributed by atoms with Crippen LogP contribution in [0.2, 0.25) is 0 Å². The van der Waals surface area contributed by atoms with Gasteiger partial charge in [-0.1, -0.05) is 11.8 Å². The normalized spacial score (nSPS) is 23.6. The first-order chi connectivity index (χ1) is 9.11. The molecule has 1 saturated heterocycles. The number of rotatable bonds is 4. The second-order valence-corrected chi connectivity index (χ2v) is 5.81. The molecule has 0 saturated carbocycles. The highest BCUT2D eigenvalue weighted by Crippen LogP contribution is 2.24. The van der Waals surface area contributed by atoms with Gasteiger partial charge in [0.1, 0.15) is 0 Å². The van der Waals surface area contributed by atoms with Crippen molar-refractivity contribution in [1.29, 1.82) is 0 Å². The lowest BCUT2D eigenvalue weighted by atomic mass is 9.98. The van der Waals surface area contributed by atoms with Crippen LogP contribution in [0.3, 0.4) is 0 Å². The van der Waals surface area contributed by atoms with Crippen molar-refractivity contribution in [2.24, 2.45) is 5.73 Å². The highest BCUT2D eigenvalue weighted by Gasteiger charge is 2.28. The minimum absolute atomic E-state index is 0.136. The van der Waals surface area contributed by atoms with Crippen LogP contribution in [0.25, 0.3) is 0 Å². The lowest BCUT2D eigenvalue weighted by molar-refractivity contribution is -0.134. The molecule has 2 heterocycles. The quantitative estimate of drug-likeness (QED) is 0.841. The number of nitrogens with two attached hydrogens (primary N) is 1. The minimum Gasteiger partial charge on any atom is -0.415 e. The number of carbonyl (C=O) groups is 1. The molecule has 2 unspecified atom stereocenters. The van der Waals surface area contributed by atoms with Crippen molar-refractivity contribution in [1.82, 2.24) is 15.1 Å². The topological polar surface area (TPSA) is 85.2 Å². The summed E-state index contributed by atoms with van der Waals surface area (Å²) < 4.78 is 5.27. The number of hydrogen-bond acceptors (Lipinski definition) is 6. The number of nitrogens with zero attached hydrogens (tertiary/aromatic N) is 3.